The molecule has 0 saturated carbocycles. The zero-order valence-corrected chi connectivity index (χ0v) is 14.0. The van der Waals surface area contributed by atoms with Crippen molar-refractivity contribution in [2.45, 2.75) is 12.6 Å². The Morgan fingerprint density at radius 1 is 1.00 bits per heavy atom. The highest BCUT2D eigenvalue weighted by atomic mass is 19.4. The van der Waals surface area contributed by atoms with Crippen molar-refractivity contribution in [1.82, 2.24) is 0 Å². The van der Waals surface area contributed by atoms with Crippen LogP contribution < -0.4 is 9.47 Å². The van der Waals surface area contributed by atoms with Crippen molar-refractivity contribution in [2.24, 2.45) is 0 Å². The lowest BCUT2D eigenvalue weighted by Gasteiger charge is -2.12. The Balaban J connectivity index is 2.01. The summed E-state index contributed by atoms with van der Waals surface area (Å²) in [5, 5.41) is 0. The van der Waals surface area contributed by atoms with Gasteiger partial charge in [0.25, 0.3) is 0 Å². The minimum atomic E-state index is -4.63. The number of alkyl halides is 3. The van der Waals surface area contributed by atoms with Gasteiger partial charge in [-0.05, 0) is 30.3 Å². The first-order valence-electron chi connectivity index (χ1n) is 7.67. The quantitative estimate of drug-likeness (QED) is 0.516. The van der Waals surface area contributed by atoms with E-state index in [-0.39, 0.29) is 6.61 Å². The third kappa shape index (κ3) is 6.16. The average molecular weight is 366 g/mol. The first-order chi connectivity index (χ1) is 12.4. The topological polar surface area (TPSA) is 44.8 Å². The molecule has 0 atom stereocenters. The molecule has 0 bridgehead atoms. The summed E-state index contributed by atoms with van der Waals surface area (Å²) in [4.78, 5) is 11.1. The molecule has 0 saturated heterocycles. The summed E-state index contributed by atoms with van der Waals surface area (Å²) in [5.74, 6) is 0.492. The summed E-state index contributed by atoms with van der Waals surface area (Å²) in [5.41, 5.74) is -1.01. The minimum Gasteiger partial charge on any atom is -0.489 e. The SMILES string of the molecule is COC(=O)CC(=CCOc1cccc(Oc2ccccc2)c1)C(F)(F)F. The lowest BCUT2D eigenvalue weighted by atomic mass is 10.1. The summed E-state index contributed by atoms with van der Waals surface area (Å²) < 4.78 is 53.9. The van der Waals surface area contributed by atoms with Crippen molar-refractivity contribution < 1.29 is 32.2 Å². The number of hydrogen-bond donors (Lipinski definition) is 0. The summed E-state index contributed by atoms with van der Waals surface area (Å²) in [6.07, 6.45) is -4.67. The molecule has 0 aliphatic rings. The molecule has 2 aromatic carbocycles. The number of para-hydroxylation sites is 1. The monoisotopic (exact) mass is 366 g/mol. The van der Waals surface area contributed by atoms with Gasteiger partial charge in [0.15, 0.2) is 0 Å². The van der Waals surface area contributed by atoms with Crippen LogP contribution in [0.1, 0.15) is 6.42 Å². The molecule has 0 radical (unpaired) electrons. The molecule has 2 rings (SSSR count). The highest BCUT2D eigenvalue weighted by Crippen LogP contribution is 2.29. The van der Waals surface area contributed by atoms with Crippen molar-refractivity contribution in [3.63, 3.8) is 0 Å². The smallest absolute Gasteiger partial charge is 0.413 e. The van der Waals surface area contributed by atoms with E-state index in [1.165, 1.54) is 0 Å². The molecule has 0 aliphatic carbocycles. The number of carbonyl (C=O) groups is 1. The van der Waals surface area contributed by atoms with E-state index in [2.05, 4.69) is 4.74 Å². The fourth-order valence-electron chi connectivity index (χ4n) is 2.01. The van der Waals surface area contributed by atoms with Crippen LogP contribution in [0.25, 0.3) is 0 Å². The van der Waals surface area contributed by atoms with Gasteiger partial charge in [-0.3, -0.25) is 4.79 Å². The molecule has 7 heteroatoms. The third-order valence-electron chi connectivity index (χ3n) is 3.29. The molecular weight excluding hydrogens is 349 g/mol. The van der Waals surface area contributed by atoms with Gasteiger partial charge in [0.05, 0.1) is 13.5 Å². The van der Waals surface area contributed by atoms with Crippen molar-refractivity contribution in [2.75, 3.05) is 13.7 Å². The van der Waals surface area contributed by atoms with E-state index in [0.717, 1.165) is 13.2 Å². The maximum absolute atomic E-state index is 12.9. The van der Waals surface area contributed by atoms with Gasteiger partial charge in [-0.1, -0.05) is 24.3 Å². The average Bonchev–Trinajstić information content (AvgIpc) is 2.61. The summed E-state index contributed by atoms with van der Waals surface area (Å²) >= 11 is 0. The number of rotatable bonds is 7. The maximum Gasteiger partial charge on any atom is 0.413 e. The van der Waals surface area contributed by atoms with E-state index in [0.29, 0.717) is 17.2 Å². The zero-order chi connectivity index (χ0) is 19.0. The first-order valence-corrected chi connectivity index (χ1v) is 7.67. The molecule has 0 amide bonds. The largest absolute Gasteiger partial charge is 0.489 e. The Morgan fingerprint density at radius 2 is 1.65 bits per heavy atom. The minimum absolute atomic E-state index is 0.342. The molecule has 0 spiro atoms. The van der Waals surface area contributed by atoms with Crippen molar-refractivity contribution >= 4 is 5.97 Å². The van der Waals surface area contributed by atoms with E-state index in [1.807, 2.05) is 18.2 Å². The Labute approximate surface area is 148 Å². The van der Waals surface area contributed by atoms with Crippen molar-refractivity contribution in [3.05, 3.63) is 66.2 Å². The van der Waals surface area contributed by atoms with Crippen LogP contribution in [0.3, 0.4) is 0 Å². The Hall–Kier alpha value is -2.96. The molecule has 0 aromatic heterocycles. The number of carbonyl (C=O) groups excluding carboxylic acids is 1. The van der Waals surface area contributed by atoms with Crippen LogP contribution in [0.5, 0.6) is 17.2 Å². The van der Waals surface area contributed by atoms with E-state index in [4.69, 9.17) is 9.47 Å². The second-order valence-electron chi connectivity index (χ2n) is 5.18. The van der Waals surface area contributed by atoms with Crippen LogP contribution in [0.15, 0.2) is 66.2 Å². The molecule has 0 N–H and O–H groups in total. The molecule has 0 unspecified atom stereocenters. The third-order valence-corrected chi connectivity index (χ3v) is 3.29. The summed E-state index contributed by atoms with van der Waals surface area (Å²) in [7, 11) is 1.03. The summed E-state index contributed by atoms with van der Waals surface area (Å²) in [6, 6.07) is 15.6. The number of hydrogen-bond acceptors (Lipinski definition) is 4. The Kier molecular flexibility index (Phi) is 6.66. The van der Waals surface area contributed by atoms with E-state index in [9.17, 15) is 18.0 Å². The van der Waals surface area contributed by atoms with E-state index >= 15 is 0 Å². The van der Waals surface area contributed by atoms with Gasteiger partial charge in [-0.25, -0.2) is 0 Å². The van der Waals surface area contributed by atoms with E-state index in [1.54, 1.807) is 36.4 Å². The fraction of sp³-hybridized carbons (Fsp3) is 0.211. The van der Waals surface area contributed by atoms with Crippen molar-refractivity contribution in [1.29, 1.82) is 0 Å². The number of ether oxygens (including phenoxy) is 3. The second-order valence-corrected chi connectivity index (χ2v) is 5.18. The van der Waals surface area contributed by atoms with Crippen molar-refractivity contribution in [3.8, 4) is 17.2 Å². The number of esters is 1. The Morgan fingerprint density at radius 3 is 2.31 bits per heavy atom. The Bertz CT molecular complexity index is 755. The molecule has 4 nitrogen and oxygen atoms in total. The molecule has 26 heavy (non-hydrogen) atoms. The van der Waals surface area contributed by atoms with Gasteiger partial charge in [0.2, 0.25) is 0 Å². The first kappa shape index (κ1) is 19.4. The van der Waals surface area contributed by atoms with Gasteiger partial charge in [0, 0.05) is 11.6 Å². The standard InChI is InChI=1S/C19H17F3O4/c1-24-18(23)12-14(19(20,21)22)10-11-25-16-8-5-9-17(13-16)26-15-6-3-2-4-7-15/h2-10,13H,11-12H2,1H3. The van der Waals surface area contributed by atoms with Gasteiger partial charge in [-0.15, -0.1) is 0 Å². The molecule has 138 valence electrons. The molecule has 2 aromatic rings. The lowest BCUT2D eigenvalue weighted by molar-refractivity contribution is -0.143. The number of methoxy groups -OCH3 is 1. The van der Waals surface area contributed by atoms with Gasteiger partial charge in [-0.2, -0.15) is 13.2 Å². The predicted octanol–water partition coefficient (Wildman–Crippen LogP) is 4.91. The normalized spacial score (nSPS) is 11.8. The second kappa shape index (κ2) is 8.94. The number of halogens is 3. The van der Waals surface area contributed by atoms with Crippen LogP contribution >= 0.6 is 0 Å². The van der Waals surface area contributed by atoms with Gasteiger partial charge >= 0.3 is 12.1 Å². The predicted molar refractivity (Wildman–Crippen MR) is 89.2 cm³/mol. The van der Waals surface area contributed by atoms with Crippen LogP contribution in [0.4, 0.5) is 13.2 Å². The molecular formula is C19H17F3O4. The maximum atomic E-state index is 12.9. The van der Waals surface area contributed by atoms with Crippen LogP contribution in [-0.4, -0.2) is 25.9 Å². The zero-order valence-electron chi connectivity index (χ0n) is 14.0. The number of benzene rings is 2. The van der Waals surface area contributed by atoms with Gasteiger partial charge < -0.3 is 14.2 Å². The van der Waals surface area contributed by atoms with Crippen LogP contribution in [0.2, 0.25) is 0 Å². The highest BCUT2D eigenvalue weighted by Gasteiger charge is 2.34. The summed E-state index contributed by atoms with van der Waals surface area (Å²) in [6.45, 7) is -0.347. The van der Waals surface area contributed by atoms with E-state index < -0.39 is 24.1 Å². The highest BCUT2D eigenvalue weighted by molar-refractivity contribution is 5.72. The van der Waals surface area contributed by atoms with Gasteiger partial charge in [0.1, 0.15) is 23.9 Å². The molecule has 0 heterocycles. The fourth-order valence-corrected chi connectivity index (χ4v) is 2.01. The van der Waals surface area contributed by atoms with Crippen LogP contribution in [0, 0.1) is 0 Å². The van der Waals surface area contributed by atoms with Crippen LogP contribution in [-0.2, 0) is 9.53 Å². The molecule has 0 fully saturated rings. The lowest BCUT2D eigenvalue weighted by Crippen LogP contribution is -2.17. The molecule has 0 aliphatic heterocycles.